The number of nitrogens with zero attached hydrogens (tertiary/aromatic N) is 3. The van der Waals surface area contributed by atoms with Crippen molar-refractivity contribution in [1.29, 1.82) is 0 Å². The first-order chi connectivity index (χ1) is 13.6. The van der Waals surface area contributed by atoms with Crippen LogP contribution in [0.25, 0.3) is 0 Å². The van der Waals surface area contributed by atoms with Crippen LogP contribution in [0.3, 0.4) is 0 Å². The number of hydrogen-bond donors (Lipinski definition) is 2. The predicted molar refractivity (Wildman–Crippen MR) is 108 cm³/mol. The predicted octanol–water partition coefficient (Wildman–Crippen LogP) is 2.83. The summed E-state index contributed by atoms with van der Waals surface area (Å²) in [7, 11) is 0. The van der Waals surface area contributed by atoms with Crippen LogP contribution in [-0.2, 0) is 6.42 Å². The Morgan fingerprint density at radius 1 is 1.25 bits per heavy atom. The second kappa shape index (κ2) is 7.66. The molecule has 0 saturated carbocycles. The van der Waals surface area contributed by atoms with E-state index in [0.29, 0.717) is 24.6 Å². The molecule has 2 aliphatic heterocycles. The number of aryl methyl sites for hydroxylation is 2. The minimum atomic E-state index is -0.0974. The number of anilines is 1. The number of urea groups is 1. The van der Waals surface area contributed by atoms with E-state index in [9.17, 15) is 9.59 Å². The maximum Gasteiger partial charge on any atom is 0.322 e. The molecule has 2 fully saturated rings. The Labute approximate surface area is 165 Å². The number of aromatic amines is 1. The zero-order valence-electron chi connectivity index (χ0n) is 16.5. The van der Waals surface area contributed by atoms with E-state index in [0.717, 1.165) is 43.6 Å². The van der Waals surface area contributed by atoms with Gasteiger partial charge in [-0.05, 0) is 49.4 Å². The largest absolute Gasteiger partial charge is 0.339 e. The van der Waals surface area contributed by atoms with Crippen LogP contribution in [0.4, 0.5) is 10.5 Å². The van der Waals surface area contributed by atoms with Crippen LogP contribution in [0, 0.1) is 6.92 Å². The molecule has 7 heteroatoms. The van der Waals surface area contributed by atoms with Crippen molar-refractivity contribution in [3.8, 4) is 0 Å². The van der Waals surface area contributed by atoms with E-state index in [1.165, 1.54) is 11.3 Å². The Hall–Kier alpha value is -2.83. The third kappa shape index (κ3) is 3.37. The van der Waals surface area contributed by atoms with Crippen LogP contribution in [0.15, 0.2) is 24.4 Å². The highest BCUT2D eigenvalue weighted by atomic mass is 16.2. The van der Waals surface area contributed by atoms with Crippen molar-refractivity contribution in [3.63, 3.8) is 0 Å². The molecule has 2 saturated heterocycles. The van der Waals surface area contributed by atoms with E-state index in [1.807, 2.05) is 36.2 Å². The van der Waals surface area contributed by atoms with Crippen LogP contribution in [0.1, 0.15) is 52.9 Å². The monoisotopic (exact) mass is 381 g/mol. The van der Waals surface area contributed by atoms with Crippen LogP contribution < -0.4 is 10.2 Å². The summed E-state index contributed by atoms with van der Waals surface area (Å²) in [5, 5.41) is 10.2. The molecule has 148 valence electrons. The normalized spacial score (nSPS) is 17.9. The number of likely N-dealkylation sites (tertiary alicyclic amines) is 1. The lowest BCUT2D eigenvalue weighted by molar-refractivity contribution is 0.0712. The molecule has 0 aliphatic carbocycles. The van der Waals surface area contributed by atoms with Crippen LogP contribution >= 0.6 is 0 Å². The molecule has 0 unspecified atom stereocenters. The number of rotatable bonds is 4. The summed E-state index contributed by atoms with van der Waals surface area (Å²) in [6, 6.07) is 5.56. The van der Waals surface area contributed by atoms with E-state index in [1.54, 1.807) is 4.90 Å². The Bertz CT molecular complexity index is 883. The number of carbonyl (C=O) groups excluding carboxylic acids is 2. The maximum atomic E-state index is 13.1. The van der Waals surface area contributed by atoms with Crippen molar-refractivity contribution >= 4 is 17.6 Å². The van der Waals surface area contributed by atoms with Crippen molar-refractivity contribution in [2.24, 2.45) is 0 Å². The average Bonchev–Trinajstić information content (AvgIpc) is 3.37. The molecule has 0 radical (unpaired) electrons. The van der Waals surface area contributed by atoms with Gasteiger partial charge in [0.1, 0.15) is 0 Å². The number of carbonyl (C=O) groups is 2. The van der Waals surface area contributed by atoms with E-state index >= 15 is 0 Å². The smallest absolute Gasteiger partial charge is 0.322 e. The number of nitrogens with one attached hydrogen (secondary N) is 2. The van der Waals surface area contributed by atoms with Crippen molar-refractivity contribution in [2.75, 3.05) is 31.1 Å². The Morgan fingerprint density at radius 3 is 2.71 bits per heavy atom. The molecule has 1 aromatic carbocycles. The minimum Gasteiger partial charge on any atom is -0.339 e. The lowest BCUT2D eigenvalue weighted by Gasteiger charge is -2.32. The molecule has 2 aliphatic rings. The van der Waals surface area contributed by atoms with Gasteiger partial charge in [-0.15, -0.1) is 0 Å². The summed E-state index contributed by atoms with van der Waals surface area (Å²) in [5.74, 6) is 0.475. The molecule has 4 rings (SSSR count). The van der Waals surface area contributed by atoms with Gasteiger partial charge in [0.15, 0.2) is 0 Å². The second-order valence-electron chi connectivity index (χ2n) is 7.61. The number of piperidine rings is 1. The van der Waals surface area contributed by atoms with Crippen LogP contribution in [0.5, 0.6) is 0 Å². The SMILES string of the molecule is CCc1cn[nH]c1C1CCN(C(=O)c2ccc(C)c(N3CCNC3=O)c2)CC1. The van der Waals surface area contributed by atoms with Crippen molar-refractivity contribution < 1.29 is 9.59 Å². The highest BCUT2D eigenvalue weighted by Gasteiger charge is 2.28. The second-order valence-corrected chi connectivity index (χ2v) is 7.61. The zero-order valence-corrected chi connectivity index (χ0v) is 16.5. The van der Waals surface area contributed by atoms with Crippen LogP contribution in [0.2, 0.25) is 0 Å². The van der Waals surface area contributed by atoms with Crippen molar-refractivity contribution in [3.05, 3.63) is 46.8 Å². The van der Waals surface area contributed by atoms with Gasteiger partial charge < -0.3 is 10.2 Å². The molecule has 28 heavy (non-hydrogen) atoms. The first-order valence-corrected chi connectivity index (χ1v) is 10.1. The standard InChI is InChI=1S/C21H27N5O2/c1-3-15-13-23-24-19(15)16-6-9-25(10-7-16)20(27)17-5-4-14(2)18(12-17)26-11-8-22-21(26)28/h4-5,12-13,16H,3,6-11H2,1-2H3,(H,22,28)(H,23,24). The molecular weight excluding hydrogens is 354 g/mol. The van der Waals surface area contributed by atoms with Gasteiger partial charge in [-0.2, -0.15) is 5.10 Å². The lowest BCUT2D eigenvalue weighted by atomic mass is 9.90. The molecule has 2 N–H and O–H groups in total. The first kappa shape index (κ1) is 18.5. The summed E-state index contributed by atoms with van der Waals surface area (Å²) in [4.78, 5) is 28.7. The molecule has 0 atom stereocenters. The van der Waals surface area contributed by atoms with Gasteiger partial charge in [-0.3, -0.25) is 14.8 Å². The molecule has 2 aromatic rings. The molecule has 0 bridgehead atoms. The topological polar surface area (TPSA) is 81.3 Å². The van der Waals surface area contributed by atoms with Crippen molar-refractivity contribution in [1.82, 2.24) is 20.4 Å². The fraction of sp³-hybridized carbons (Fsp3) is 0.476. The van der Waals surface area contributed by atoms with E-state index in [2.05, 4.69) is 22.4 Å². The van der Waals surface area contributed by atoms with Gasteiger partial charge in [-0.1, -0.05) is 13.0 Å². The quantitative estimate of drug-likeness (QED) is 0.854. The lowest BCUT2D eigenvalue weighted by Crippen LogP contribution is -2.38. The van der Waals surface area contributed by atoms with Crippen molar-refractivity contribution in [2.45, 2.75) is 39.0 Å². The Morgan fingerprint density at radius 2 is 2.04 bits per heavy atom. The van der Waals surface area contributed by atoms with E-state index < -0.39 is 0 Å². The van der Waals surface area contributed by atoms with E-state index in [-0.39, 0.29) is 11.9 Å². The number of hydrogen-bond acceptors (Lipinski definition) is 3. The third-order valence-corrected chi connectivity index (χ3v) is 5.93. The van der Waals surface area contributed by atoms with Gasteiger partial charge >= 0.3 is 6.03 Å². The summed E-state index contributed by atoms with van der Waals surface area (Å²) in [6.45, 7) is 6.85. The Kier molecular flexibility index (Phi) is 5.07. The molecule has 1 aromatic heterocycles. The number of H-pyrrole nitrogens is 1. The van der Waals surface area contributed by atoms with Gasteiger partial charge in [-0.25, -0.2) is 4.79 Å². The van der Waals surface area contributed by atoms with Crippen LogP contribution in [-0.4, -0.2) is 53.2 Å². The zero-order chi connectivity index (χ0) is 19.7. The van der Waals surface area contributed by atoms with E-state index in [4.69, 9.17) is 0 Å². The average molecular weight is 381 g/mol. The molecule has 7 nitrogen and oxygen atoms in total. The van der Waals surface area contributed by atoms with Gasteiger partial charge in [0.05, 0.1) is 6.20 Å². The minimum absolute atomic E-state index is 0.0413. The number of benzene rings is 1. The molecular formula is C21H27N5O2. The molecule has 0 spiro atoms. The molecule has 3 heterocycles. The highest BCUT2D eigenvalue weighted by Crippen LogP contribution is 2.30. The maximum absolute atomic E-state index is 13.1. The highest BCUT2D eigenvalue weighted by molar-refractivity contribution is 5.99. The number of amides is 3. The molecule has 3 amide bonds. The third-order valence-electron chi connectivity index (χ3n) is 5.93. The first-order valence-electron chi connectivity index (χ1n) is 10.1. The van der Waals surface area contributed by atoms with Gasteiger partial charge in [0.25, 0.3) is 5.91 Å². The summed E-state index contributed by atoms with van der Waals surface area (Å²) in [6.07, 6.45) is 4.76. The fourth-order valence-electron chi connectivity index (χ4n) is 4.24. The summed E-state index contributed by atoms with van der Waals surface area (Å²) in [5.41, 5.74) is 4.97. The number of aromatic nitrogens is 2. The Balaban J connectivity index is 1.46. The fourth-order valence-corrected chi connectivity index (χ4v) is 4.24. The summed E-state index contributed by atoms with van der Waals surface area (Å²) >= 11 is 0. The summed E-state index contributed by atoms with van der Waals surface area (Å²) < 4.78 is 0. The van der Waals surface area contributed by atoms with Gasteiger partial charge in [0.2, 0.25) is 0 Å². The van der Waals surface area contributed by atoms with Gasteiger partial charge in [0, 0.05) is 49.0 Å².